The fourth-order valence-electron chi connectivity index (χ4n) is 2.66. The number of piperazine rings is 1. The molecular formula is C16H26N2OS. The van der Waals surface area contributed by atoms with E-state index in [1.54, 1.807) is 7.11 Å². The van der Waals surface area contributed by atoms with Crippen molar-refractivity contribution in [3.8, 4) is 5.75 Å². The summed E-state index contributed by atoms with van der Waals surface area (Å²) in [7, 11) is 1.71. The molecule has 3 nitrogen and oxygen atoms in total. The average molecular weight is 294 g/mol. The van der Waals surface area contributed by atoms with Crippen LogP contribution in [0.3, 0.4) is 0 Å². The lowest BCUT2D eigenvalue weighted by molar-refractivity contribution is 0.224. The molecule has 0 bridgehead atoms. The van der Waals surface area contributed by atoms with Crippen LogP contribution in [-0.2, 0) is 0 Å². The highest BCUT2D eigenvalue weighted by atomic mass is 32.1. The second-order valence-corrected chi connectivity index (χ2v) is 5.81. The van der Waals surface area contributed by atoms with Gasteiger partial charge in [-0.05, 0) is 35.9 Å². The highest BCUT2D eigenvalue weighted by Gasteiger charge is 2.19. The summed E-state index contributed by atoms with van der Waals surface area (Å²) >= 11 is 4.44. The fourth-order valence-corrected chi connectivity index (χ4v) is 3.04. The van der Waals surface area contributed by atoms with Crippen LogP contribution in [0.15, 0.2) is 24.3 Å². The first-order valence-corrected chi connectivity index (χ1v) is 8.12. The van der Waals surface area contributed by atoms with Crippen molar-refractivity contribution in [2.45, 2.75) is 13.3 Å². The molecule has 0 amide bonds. The van der Waals surface area contributed by atoms with Crippen LogP contribution in [0.25, 0.3) is 0 Å². The van der Waals surface area contributed by atoms with E-state index >= 15 is 0 Å². The molecule has 112 valence electrons. The number of hydrogen-bond acceptors (Lipinski definition) is 4. The van der Waals surface area contributed by atoms with Gasteiger partial charge in [0.05, 0.1) is 7.11 Å². The van der Waals surface area contributed by atoms with E-state index in [1.165, 1.54) is 18.7 Å². The third-order valence-corrected chi connectivity index (χ3v) is 4.68. The first-order chi connectivity index (χ1) is 9.76. The van der Waals surface area contributed by atoms with Crippen molar-refractivity contribution in [1.82, 2.24) is 4.90 Å². The maximum absolute atomic E-state index is 5.21. The molecule has 1 aliphatic rings. The Hall–Kier alpha value is -0.870. The van der Waals surface area contributed by atoms with Crippen molar-refractivity contribution in [2.24, 2.45) is 5.92 Å². The first kappa shape index (κ1) is 15.5. The molecule has 2 rings (SSSR count). The van der Waals surface area contributed by atoms with E-state index in [2.05, 4.69) is 41.5 Å². The van der Waals surface area contributed by atoms with Crippen molar-refractivity contribution >= 4 is 18.3 Å². The van der Waals surface area contributed by atoms with Crippen LogP contribution in [0.1, 0.15) is 13.3 Å². The second-order valence-electron chi connectivity index (χ2n) is 5.44. The molecule has 20 heavy (non-hydrogen) atoms. The Morgan fingerprint density at radius 1 is 1.15 bits per heavy atom. The monoisotopic (exact) mass is 294 g/mol. The van der Waals surface area contributed by atoms with E-state index in [1.807, 2.05) is 12.1 Å². The second kappa shape index (κ2) is 7.79. The number of ether oxygens (including phenoxy) is 1. The van der Waals surface area contributed by atoms with Gasteiger partial charge in [-0.15, -0.1) is 0 Å². The van der Waals surface area contributed by atoms with E-state index in [4.69, 9.17) is 4.74 Å². The van der Waals surface area contributed by atoms with Crippen molar-refractivity contribution < 1.29 is 4.74 Å². The molecule has 0 aliphatic carbocycles. The molecule has 1 aliphatic heterocycles. The predicted molar refractivity (Wildman–Crippen MR) is 89.3 cm³/mol. The SMILES string of the molecule is CCC(CS)CN1CCN(c2ccc(OC)cc2)CC1. The Kier molecular flexibility index (Phi) is 6.05. The third-order valence-electron chi connectivity index (χ3n) is 4.16. The minimum atomic E-state index is 0.728. The summed E-state index contributed by atoms with van der Waals surface area (Å²) in [6.07, 6.45) is 1.22. The summed E-state index contributed by atoms with van der Waals surface area (Å²) in [5.74, 6) is 2.65. The number of thiol groups is 1. The molecular weight excluding hydrogens is 268 g/mol. The predicted octanol–water partition coefficient (Wildman–Crippen LogP) is 2.77. The lowest BCUT2D eigenvalue weighted by Crippen LogP contribution is -2.48. The number of hydrogen-bond donors (Lipinski definition) is 1. The number of rotatable bonds is 6. The molecule has 1 unspecified atom stereocenters. The van der Waals surface area contributed by atoms with Crippen molar-refractivity contribution in [2.75, 3.05) is 50.5 Å². The summed E-state index contributed by atoms with van der Waals surface area (Å²) in [6.45, 7) is 7.96. The van der Waals surface area contributed by atoms with E-state index < -0.39 is 0 Å². The Morgan fingerprint density at radius 3 is 2.30 bits per heavy atom. The van der Waals surface area contributed by atoms with Crippen LogP contribution in [0.5, 0.6) is 5.75 Å². The van der Waals surface area contributed by atoms with Gasteiger partial charge in [0.2, 0.25) is 0 Å². The quantitative estimate of drug-likeness (QED) is 0.813. The zero-order valence-corrected chi connectivity index (χ0v) is 13.5. The van der Waals surface area contributed by atoms with Gasteiger partial charge in [-0.25, -0.2) is 0 Å². The topological polar surface area (TPSA) is 15.7 Å². The lowest BCUT2D eigenvalue weighted by Gasteiger charge is -2.37. The molecule has 0 aromatic heterocycles. The van der Waals surface area contributed by atoms with Gasteiger partial charge in [-0.3, -0.25) is 4.90 Å². The molecule has 1 heterocycles. The van der Waals surface area contributed by atoms with Crippen LogP contribution < -0.4 is 9.64 Å². The standard InChI is InChI=1S/C16H26N2OS/c1-3-14(13-20)12-17-8-10-18(11-9-17)15-4-6-16(19-2)7-5-15/h4-7,14,20H,3,8-13H2,1-2H3. The molecule has 1 saturated heterocycles. The summed E-state index contributed by atoms with van der Waals surface area (Å²) in [6, 6.07) is 8.37. The number of anilines is 1. The van der Waals surface area contributed by atoms with Gasteiger partial charge in [0.1, 0.15) is 5.75 Å². The molecule has 1 fully saturated rings. The summed E-state index contributed by atoms with van der Waals surface area (Å²) in [5, 5.41) is 0. The van der Waals surface area contributed by atoms with Crippen LogP contribution in [0, 0.1) is 5.92 Å². The Balaban J connectivity index is 1.84. The molecule has 0 N–H and O–H groups in total. The van der Waals surface area contributed by atoms with Gasteiger partial charge in [0.25, 0.3) is 0 Å². The largest absolute Gasteiger partial charge is 0.497 e. The Bertz CT molecular complexity index is 384. The first-order valence-electron chi connectivity index (χ1n) is 7.49. The third kappa shape index (κ3) is 4.06. The van der Waals surface area contributed by atoms with Gasteiger partial charge < -0.3 is 9.64 Å². The molecule has 0 spiro atoms. The highest BCUT2D eigenvalue weighted by molar-refractivity contribution is 7.80. The highest BCUT2D eigenvalue weighted by Crippen LogP contribution is 2.21. The lowest BCUT2D eigenvalue weighted by atomic mass is 10.1. The van der Waals surface area contributed by atoms with Crippen LogP contribution in [0.2, 0.25) is 0 Å². The minimum absolute atomic E-state index is 0.728. The van der Waals surface area contributed by atoms with Crippen LogP contribution in [-0.4, -0.2) is 50.5 Å². The molecule has 1 aromatic carbocycles. The van der Waals surface area contributed by atoms with Crippen LogP contribution in [0.4, 0.5) is 5.69 Å². The van der Waals surface area contributed by atoms with Crippen LogP contribution >= 0.6 is 12.6 Å². The molecule has 1 aromatic rings. The number of benzene rings is 1. The minimum Gasteiger partial charge on any atom is -0.497 e. The zero-order valence-electron chi connectivity index (χ0n) is 12.6. The van der Waals surface area contributed by atoms with Gasteiger partial charge in [0, 0.05) is 38.4 Å². The number of nitrogens with zero attached hydrogens (tertiary/aromatic N) is 2. The summed E-state index contributed by atoms with van der Waals surface area (Å²) < 4.78 is 5.21. The van der Waals surface area contributed by atoms with E-state index in [0.29, 0.717) is 0 Å². The Labute approximate surface area is 128 Å². The molecule has 1 atom stereocenters. The molecule has 0 radical (unpaired) electrons. The van der Waals surface area contributed by atoms with E-state index in [0.717, 1.165) is 43.6 Å². The van der Waals surface area contributed by atoms with Gasteiger partial charge in [-0.2, -0.15) is 12.6 Å². The van der Waals surface area contributed by atoms with Gasteiger partial charge >= 0.3 is 0 Å². The maximum Gasteiger partial charge on any atom is 0.119 e. The number of methoxy groups -OCH3 is 1. The van der Waals surface area contributed by atoms with E-state index in [9.17, 15) is 0 Å². The zero-order chi connectivity index (χ0) is 14.4. The molecule has 4 heteroatoms. The fraction of sp³-hybridized carbons (Fsp3) is 0.625. The normalized spacial score (nSPS) is 18.1. The van der Waals surface area contributed by atoms with Crippen molar-refractivity contribution in [3.05, 3.63) is 24.3 Å². The maximum atomic E-state index is 5.21. The van der Waals surface area contributed by atoms with E-state index in [-0.39, 0.29) is 0 Å². The average Bonchev–Trinajstić information content (AvgIpc) is 2.53. The summed E-state index contributed by atoms with van der Waals surface area (Å²) in [5.41, 5.74) is 1.30. The Morgan fingerprint density at radius 2 is 1.80 bits per heavy atom. The molecule has 0 saturated carbocycles. The van der Waals surface area contributed by atoms with Crippen molar-refractivity contribution in [3.63, 3.8) is 0 Å². The van der Waals surface area contributed by atoms with Gasteiger partial charge in [-0.1, -0.05) is 13.3 Å². The van der Waals surface area contributed by atoms with Gasteiger partial charge in [0.15, 0.2) is 0 Å². The van der Waals surface area contributed by atoms with Crippen molar-refractivity contribution in [1.29, 1.82) is 0 Å². The summed E-state index contributed by atoms with van der Waals surface area (Å²) in [4.78, 5) is 5.03. The smallest absolute Gasteiger partial charge is 0.119 e.